The van der Waals surface area contributed by atoms with Crippen molar-refractivity contribution < 1.29 is 26.4 Å². The summed E-state index contributed by atoms with van der Waals surface area (Å²) in [6, 6.07) is 15.1. The van der Waals surface area contributed by atoms with Crippen LogP contribution in [0.1, 0.15) is 27.8 Å². The van der Waals surface area contributed by atoms with E-state index in [-0.39, 0.29) is 17.0 Å². The quantitative estimate of drug-likeness (QED) is 0.481. The monoisotopic (exact) mass is 490 g/mol. The minimum atomic E-state index is -4.58. The van der Waals surface area contributed by atoms with E-state index < -0.39 is 33.7 Å². The van der Waals surface area contributed by atoms with Crippen LogP contribution in [0.3, 0.4) is 0 Å². The molecule has 0 aliphatic rings. The van der Waals surface area contributed by atoms with Crippen LogP contribution in [0.5, 0.6) is 0 Å². The molecule has 0 fully saturated rings. The molecule has 0 saturated carbocycles. The molecule has 0 radical (unpaired) electrons. The lowest BCUT2D eigenvalue weighted by atomic mass is 10.1. The highest BCUT2D eigenvalue weighted by Crippen LogP contribution is 2.30. The Morgan fingerprint density at radius 3 is 2.12 bits per heavy atom. The van der Waals surface area contributed by atoms with Crippen LogP contribution in [0.15, 0.2) is 71.6 Å². The summed E-state index contributed by atoms with van der Waals surface area (Å²) in [5, 5.41) is 2.42. The SMILES string of the molecule is Cc1cc(C)c(S(=O)(=O)NC(Cc2ccccc2)C(=O)Nc2cccc(C(F)(F)F)c2)c(C)c1. The molecule has 0 bridgehead atoms. The standard InChI is InChI=1S/C25H25F3N2O3S/c1-16-12-17(2)23(18(3)13-16)34(32,33)30-22(14-19-8-5-4-6-9-19)24(31)29-21-11-7-10-20(15-21)25(26,27)28/h4-13,15,22,30H,14H2,1-3H3,(H,29,31). The summed E-state index contributed by atoms with van der Waals surface area (Å²) in [7, 11) is -4.12. The number of carbonyl (C=O) groups excluding carboxylic acids is 1. The van der Waals surface area contributed by atoms with Crippen molar-refractivity contribution in [3.05, 3.63) is 94.5 Å². The highest BCUT2D eigenvalue weighted by Gasteiger charge is 2.31. The second kappa shape index (κ2) is 9.99. The summed E-state index contributed by atoms with van der Waals surface area (Å²) in [4.78, 5) is 13.2. The van der Waals surface area contributed by atoms with Crippen LogP contribution in [0.4, 0.5) is 18.9 Å². The number of aryl methyl sites for hydroxylation is 3. The van der Waals surface area contributed by atoms with Crippen LogP contribution < -0.4 is 10.0 Å². The minimum Gasteiger partial charge on any atom is -0.325 e. The van der Waals surface area contributed by atoms with Crippen molar-refractivity contribution in [2.24, 2.45) is 0 Å². The van der Waals surface area contributed by atoms with Crippen LogP contribution in [0.2, 0.25) is 0 Å². The Bertz CT molecular complexity index is 1270. The van der Waals surface area contributed by atoms with Gasteiger partial charge < -0.3 is 5.32 Å². The predicted molar refractivity (Wildman–Crippen MR) is 125 cm³/mol. The molecule has 1 atom stereocenters. The molecule has 9 heteroatoms. The Hall–Kier alpha value is -3.17. The second-order valence-electron chi connectivity index (χ2n) is 8.16. The maximum atomic E-state index is 13.3. The lowest BCUT2D eigenvalue weighted by Crippen LogP contribution is -2.45. The number of amides is 1. The molecule has 180 valence electrons. The zero-order valence-electron chi connectivity index (χ0n) is 18.9. The molecule has 1 unspecified atom stereocenters. The third-order valence-electron chi connectivity index (χ3n) is 5.23. The highest BCUT2D eigenvalue weighted by atomic mass is 32.2. The number of hydrogen-bond acceptors (Lipinski definition) is 3. The van der Waals surface area contributed by atoms with Gasteiger partial charge in [-0.1, -0.05) is 54.1 Å². The van der Waals surface area contributed by atoms with E-state index in [1.807, 2.05) is 6.92 Å². The number of hydrogen-bond donors (Lipinski definition) is 2. The molecule has 3 aromatic rings. The summed E-state index contributed by atoms with van der Waals surface area (Å²) in [6.45, 7) is 5.19. The average molecular weight is 491 g/mol. The van der Waals surface area contributed by atoms with Crippen LogP contribution in [0, 0.1) is 20.8 Å². The number of benzene rings is 3. The minimum absolute atomic E-state index is 0.00875. The van der Waals surface area contributed by atoms with Crippen molar-refractivity contribution in [3.63, 3.8) is 0 Å². The molecule has 0 heterocycles. The van der Waals surface area contributed by atoms with Gasteiger partial charge >= 0.3 is 6.18 Å². The van der Waals surface area contributed by atoms with Gasteiger partial charge in [0.1, 0.15) is 6.04 Å². The number of halogens is 3. The number of anilines is 1. The van der Waals surface area contributed by atoms with Gasteiger partial charge in [0.05, 0.1) is 10.5 Å². The average Bonchev–Trinajstić information content (AvgIpc) is 2.72. The fraction of sp³-hybridized carbons (Fsp3) is 0.240. The number of sulfonamides is 1. The van der Waals surface area contributed by atoms with Gasteiger partial charge in [0.25, 0.3) is 0 Å². The molecular weight excluding hydrogens is 465 g/mol. The number of nitrogens with one attached hydrogen (secondary N) is 2. The summed E-state index contributed by atoms with van der Waals surface area (Å²) in [5.41, 5.74) is 1.64. The molecule has 0 aromatic heterocycles. The van der Waals surface area contributed by atoms with Gasteiger partial charge in [0.2, 0.25) is 15.9 Å². The molecule has 34 heavy (non-hydrogen) atoms. The van der Waals surface area contributed by atoms with Crippen molar-refractivity contribution in [1.29, 1.82) is 0 Å². The van der Waals surface area contributed by atoms with Crippen molar-refractivity contribution in [3.8, 4) is 0 Å². The van der Waals surface area contributed by atoms with Crippen LogP contribution in [0.25, 0.3) is 0 Å². The van der Waals surface area contributed by atoms with Crippen LogP contribution in [-0.2, 0) is 27.4 Å². The predicted octanol–water partition coefficient (Wildman–Crippen LogP) is 5.16. The Morgan fingerprint density at radius 1 is 0.912 bits per heavy atom. The van der Waals surface area contributed by atoms with E-state index in [0.29, 0.717) is 16.7 Å². The zero-order valence-corrected chi connectivity index (χ0v) is 19.7. The van der Waals surface area contributed by atoms with E-state index in [9.17, 15) is 26.4 Å². The largest absolute Gasteiger partial charge is 0.416 e. The molecule has 0 spiro atoms. The molecule has 5 nitrogen and oxygen atoms in total. The summed E-state index contributed by atoms with van der Waals surface area (Å²) in [6.07, 6.45) is -4.57. The molecule has 1 amide bonds. The third kappa shape index (κ3) is 6.24. The van der Waals surface area contributed by atoms with Crippen molar-refractivity contribution >= 4 is 21.6 Å². The molecule has 0 saturated heterocycles. The van der Waals surface area contributed by atoms with Gasteiger partial charge in [-0.05, 0) is 62.1 Å². The first kappa shape index (κ1) is 25.5. The van der Waals surface area contributed by atoms with Gasteiger partial charge in [-0.25, -0.2) is 8.42 Å². The van der Waals surface area contributed by atoms with E-state index >= 15 is 0 Å². The fourth-order valence-corrected chi connectivity index (χ4v) is 5.53. The Balaban J connectivity index is 1.94. The lowest BCUT2D eigenvalue weighted by molar-refractivity contribution is -0.137. The summed E-state index contributed by atoms with van der Waals surface area (Å²) >= 11 is 0. The fourth-order valence-electron chi connectivity index (χ4n) is 3.88. The normalized spacial score (nSPS) is 12.9. The Labute approximate surface area is 197 Å². The Kier molecular flexibility index (Phi) is 7.48. The zero-order chi connectivity index (χ0) is 25.1. The van der Waals surface area contributed by atoms with E-state index in [0.717, 1.165) is 17.7 Å². The van der Waals surface area contributed by atoms with E-state index in [4.69, 9.17) is 0 Å². The number of carbonyl (C=O) groups is 1. The molecule has 2 N–H and O–H groups in total. The lowest BCUT2D eigenvalue weighted by Gasteiger charge is -2.21. The van der Waals surface area contributed by atoms with Crippen molar-refractivity contribution in [1.82, 2.24) is 4.72 Å². The first-order chi connectivity index (χ1) is 15.9. The molecule has 0 aliphatic heterocycles. The highest BCUT2D eigenvalue weighted by molar-refractivity contribution is 7.89. The first-order valence-electron chi connectivity index (χ1n) is 10.5. The maximum absolute atomic E-state index is 13.3. The number of alkyl halides is 3. The third-order valence-corrected chi connectivity index (χ3v) is 7.00. The Morgan fingerprint density at radius 2 is 1.53 bits per heavy atom. The first-order valence-corrected chi connectivity index (χ1v) is 12.0. The summed E-state index contributed by atoms with van der Waals surface area (Å²) in [5.74, 6) is -0.769. The van der Waals surface area contributed by atoms with E-state index in [1.165, 1.54) is 12.1 Å². The topological polar surface area (TPSA) is 75.3 Å². The molecule has 0 aliphatic carbocycles. The maximum Gasteiger partial charge on any atom is 0.416 e. The van der Waals surface area contributed by atoms with Gasteiger partial charge in [0.15, 0.2) is 0 Å². The van der Waals surface area contributed by atoms with Gasteiger partial charge in [-0.15, -0.1) is 0 Å². The summed E-state index contributed by atoms with van der Waals surface area (Å²) < 4.78 is 68.2. The smallest absolute Gasteiger partial charge is 0.325 e. The molecule has 3 aromatic carbocycles. The number of rotatable bonds is 7. The van der Waals surface area contributed by atoms with E-state index in [2.05, 4.69) is 10.0 Å². The van der Waals surface area contributed by atoms with Gasteiger partial charge in [0, 0.05) is 5.69 Å². The van der Waals surface area contributed by atoms with Crippen LogP contribution >= 0.6 is 0 Å². The van der Waals surface area contributed by atoms with Gasteiger partial charge in [-0.3, -0.25) is 4.79 Å². The molecular formula is C25H25F3N2O3S. The van der Waals surface area contributed by atoms with Crippen molar-refractivity contribution in [2.45, 2.75) is 44.3 Å². The van der Waals surface area contributed by atoms with Gasteiger partial charge in [-0.2, -0.15) is 17.9 Å². The second-order valence-corrected chi connectivity index (χ2v) is 9.81. The van der Waals surface area contributed by atoms with E-state index in [1.54, 1.807) is 56.3 Å². The molecule has 3 rings (SSSR count). The van der Waals surface area contributed by atoms with Crippen molar-refractivity contribution in [2.75, 3.05) is 5.32 Å². The van der Waals surface area contributed by atoms with Crippen LogP contribution in [-0.4, -0.2) is 20.4 Å².